The average Bonchev–Trinajstić information content (AvgIpc) is 3.00. The van der Waals surface area contributed by atoms with Gasteiger partial charge in [0.2, 0.25) is 5.91 Å². The summed E-state index contributed by atoms with van der Waals surface area (Å²) in [5, 5.41) is 5.93. The van der Waals surface area contributed by atoms with Crippen LogP contribution in [0.4, 0.5) is 11.4 Å². The molecule has 0 radical (unpaired) electrons. The number of nitrogens with zero attached hydrogens (tertiary/aromatic N) is 1. The first-order chi connectivity index (χ1) is 14.7. The Balaban J connectivity index is 1.43. The lowest BCUT2D eigenvalue weighted by atomic mass is 10.2. The molecule has 3 aromatic rings. The molecule has 2 amide bonds. The number of fused-ring (bicyclic) bond motifs is 2. The van der Waals surface area contributed by atoms with Crippen molar-refractivity contribution in [3.8, 4) is 5.75 Å². The molecule has 3 N–H and O–H groups in total. The van der Waals surface area contributed by atoms with Gasteiger partial charge >= 0.3 is 0 Å². The van der Waals surface area contributed by atoms with Crippen molar-refractivity contribution in [2.45, 2.75) is 31.8 Å². The summed E-state index contributed by atoms with van der Waals surface area (Å²) in [5.74, 6) is 0.833. The predicted octanol–water partition coefficient (Wildman–Crippen LogP) is 3.85. The van der Waals surface area contributed by atoms with Crippen molar-refractivity contribution in [1.29, 1.82) is 0 Å². The smallest absolute Gasteiger partial charge is 0.262 e. The molecule has 3 heterocycles. The molecule has 11 heteroatoms. The molecule has 4 rings (SSSR count). The number of anilines is 2. The van der Waals surface area contributed by atoms with Gasteiger partial charge in [-0.2, -0.15) is 0 Å². The molecule has 0 saturated carbocycles. The summed E-state index contributed by atoms with van der Waals surface area (Å²) >= 11 is 9.08. The fourth-order valence-corrected chi connectivity index (χ4v) is 5.09. The standard InChI is InChI=1S/C20H19ClN4O4S2/c1-8-9(2)31-20-17(8)19(28)24-15(25-20)7-30-10(3)18(27)23-12-5-14-13(4-11(12)21)22-16(26)6-29-14/h4-5,10H,6-7H2,1-3H3,(H,22,26)(H,23,27)(H,24,25,28). The van der Waals surface area contributed by atoms with Crippen LogP contribution in [0.1, 0.15) is 23.2 Å². The predicted molar refractivity (Wildman–Crippen MR) is 125 cm³/mol. The number of rotatable bonds is 5. The Labute approximate surface area is 190 Å². The molecule has 0 aliphatic carbocycles. The van der Waals surface area contributed by atoms with Crippen molar-refractivity contribution in [3.63, 3.8) is 0 Å². The molecule has 0 bridgehead atoms. The van der Waals surface area contributed by atoms with Crippen LogP contribution in [0.3, 0.4) is 0 Å². The number of H-pyrrole nitrogens is 1. The molecule has 8 nitrogen and oxygen atoms in total. The number of benzene rings is 1. The molecule has 0 fully saturated rings. The Morgan fingerprint density at radius 1 is 1.39 bits per heavy atom. The second-order valence-corrected chi connectivity index (χ2v) is 10.0. The van der Waals surface area contributed by atoms with Crippen LogP contribution in [-0.2, 0) is 15.3 Å². The number of carbonyl (C=O) groups excluding carboxylic acids is 2. The lowest BCUT2D eigenvalue weighted by molar-refractivity contribution is -0.118. The Morgan fingerprint density at radius 3 is 2.94 bits per heavy atom. The monoisotopic (exact) mass is 478 g/mol. The molecule has 1 aliphatic heterocycles. The summed E-state index contributed by atoms with van der Waals surface area (Å²) in [6.07, 6.45) is 0. The van der Waals surface area contributed by atoms with Crippen LogP contribution in [-0.4, -0.2) is 33.6 Å². The fourth-order valence-electron chi connectivity index (χ4n) is 3.08. The Kier molecular flexibility index (Phi) is 5.96. The van der Waals surface area contributed by atoms with Crippen LogP contribution in [0.25, 0.3) is 10.2 Å². The van der Waals surface area contributed by atoms with Gasteiger partial charge in [-0.25, -0.2) is 4.98 Å². The van der Waals surface area contributed by atoms with Gasteiger partial charge in [-0.3, -0.25) is 14.4 Å². The van der Waals surface area contributed by atoms with Crippen LogP contribution >= 0.6 is 34.7 Å². The van der Waals surface area contributed by atoms with Crippen molar-refractivity contribution in [1.82, 2.24) is 9.97 Å². The van der Waals surface area contributed by atoms with E-state index in [0.29, 0.717) is 38.9 Å². The Morgan fingerprint density at radius 2 is 2.16 bits per heavy atom. The quantitative estimate of drug-likeness (QED) is 0.513. The number of aromatic amines is 1. The molecule has 2 aromatic heterocycles. The first-order valence-corrected chi connectivity index (χ1v) is 11.6. The zero-order valence-corrected chi connectivity index (χ0v) is 19.3. The summed E-state index contributed by atoms with van der Waals surface area (Å²) in [6.45, 7) is 5.55. The molecule has 1 aliphatic rings. The third-order valence-electron chi connectivity index (χ3n) is 4.89. The maximum atomic E-state index is 12.6. The number of aryl methyl sites for hydroxylation is 2. The molecule has 1 unspecified atom stereocenters. The van der Waals surface area contributed by atoms with E-state index >= 15 is 0 Å². The largest absolute Gasteiger partial charge is 0.482 e. The van der Waals surface area contributed by atoms with Crippen LogP contribution in [0.2, 0.25) is 5.02 Å². The second kappa shape index (κ2) is 8.52. The van der Waals surface area contributed by atoms with E-state index in [9.17, 15) is 14.4 Å². The first-order valence-electron chi connectivity index (χ1n) is 9.40. The molecule has 0 spiro atoms. The zero-order chi connectivity index (χ0) is 22.3. The maximum Gasteiger partial charge on any atom is 0.262 e. The third-order valence-corrected chi connectivity index (χ3v) is 7.46. The van der Waals surface area contributed by atoms with Crippen molar-refractivity contribution in [2.75, 3.05) is 17.2 Å². The number of aromatic nitrogens is 2. The van der Waals surface area contributed by atoms with Gasteiger partial charge in [0, 0.05) is 10.9 Å². The highest BCUT2D eigenvalue weighted by atomic mass is 35.5. The van der Waals surface area contributed by atoms with Gasteiger partial charge in [-0.1, -0.05) is 11.6 Å². The normalized spacial score (nSPS) is 14.0. The topological polar surface area (TPSA) is 113 Å². The second-order valence-electron chi connectivity index (χ2n) is 7.08. The van der Waals surface area contributed by atoms with Crippen LogP contribution in [0, 0.1) is 13.8 Å². The van der Waals surface area contributed by atoms with Gasteiger partial charge in [0.15, 0.2) is 6.61 Å². The Bertz CT molecular complexity index is 1270. The van der Waals surface area contributed by atoms with E-state index in [2.05, 4.69) is 20.6 Å². The highest BCUT2D eigenvalue weighted by Crippen LogP contribution is 2.36. The van der Waals surface area contributed by atoms with Gasteiger partial charge in [-0.15, -0.1) is 23.1 Å². The van der Waals surface area contributed by atoms with Gasteiger partial charge < -0.3 is 20.4 Å². The average molecular weight is 479 g/mol. The summed E-state index contributed by atoms with van der Waals surface area (Å²) in [5.41, 5.74) is 1.65. The molecule has 31 heavy (non-hydrogen) atoms. The van der Waals surface area contributed by atoms with E-state index in [0.717, 1.165) is 10.4 Å². The number of amides is 2. The van der Waals surface area contributed by atoms with Crippen LogP contribution in [0.15, 0.2) is 16.9 Å². The minimum atomic E-state index is -0.430. The van der Waals surface area contributed by atoms with E-state index in [1.54, 1.807) is 13.0 Å². The molecular weight excluding hydrogens is 460 g/mol. The highest BCUT2D eigenvalue weighted by Gasteiger charge is 2.21. The summed E-state index contributed by atoms with van der Waals surface area (Å²) in [7, 11) is 0. The molecule has 162 valence electrons. The van der Waals surface area contributed by atoms with Crippen molar-refractivity contribution < 1.29 is 14.3 Å². The van der Waals surface area contributed by atoms with E-state index < -0.39 is 5.25 Å². The SMILES string of the molecule is Cc1sc2nc(CSC(C)C(=O)Nc3cc4c(cc3Cl)NC(=O)CO4)[nH]c(=O)c2c1C. The molecule has 0 saturated heterocycles. The number of hydrogen-bond acceptors (Lipinski definition) is 7. The van der Waals surface area contributed by atoms with Crippen molar-refractivity contribution in [2.24, 2.45) is 0 Å². The van der Waals surface area contributed by atoms with Crippen LogP contribution < -0.4 is 20.9 Å². The number of halogens is 1. The number of thiophene rings is 1. The highest BCUT2D eigenvalue weighted by molar-refractivity contribution is 7.99. The van der Waals surface area contributed by atoms with Crippen molar-refractivity contribution >= 4 is 68.1 Å². The molecular formula is C20H19ClN4O4S2. The fraction of sp³-hybridized carbons (Fsp3) is 0.300. The first kappa shape index (κ1) is 21.7. The van der Waals surface area contributed by atoms with E-state index in [1.807, 2.05) is 13.8 Å². The summed E-state index contributed by atoms with van der Waals surface area (Å²) < 4.78 is 5.37. The summed E-state index contributed by atoms with van der Waals surface area (Å²) in [4.78, 5) is 45.6. The van der Waals surface area contributed by atoms with Crippen LogP contribution in [0.5, 0.6) is 5.75 Å². The number of hydrogen-bond donors (Lipinski definition) is 3. The maximum absolute atomic E-state index is 12.6. The van der Waals surface area contributed by atoms with Gasteiger partial charge in [0.05, 0.1) is 32.8 Å². The van der Waals surface area contributed by atoms with Gasteiger partial charge in [0.1, 0.15) is 16.4 Å². The minimum Gasteiger partial charge on any atom is -0.482 e. The van der Waals surface area contributed by atoms with Crippen molar-refractivity contribution in [3.05, 3.63) is 43.8 Å². The Hall–Kier alpha value is -2.56. The van der Waals surface area contributed by atoms with E-state index in [-0.39, 0.29) is 29.0 Å². The number of nitrogens with one attached hydrogen (secondary N) is 3. The number of thioether (sulfide) groups is 1. The lowest BCUT2D eigenvalue weighted by Gasteiger charge is -2.20. The third kappa shape index (κ3) is 4.41. The lowest BCUT2D eigenvalue weighted by Crippen LogP contribution is -2.26. The minimum absolute atomic E-state index is 0.0902. The number of ether oxygens (including phenoxy) is 1. The van der Waals surface area contributed by atoms with E-state index in [4.69, 9.17) is 16.3 Å². The van der Waals surface area contributed by atoms with E-state index in [1.165, 1.54) is 29.2 Å². The summed E-state index contributed by atoms with van der Waals surface area (Å²) in [6, 6.07) is 3.12. The van der Waals surface area contributed by atoms with Gasteiger partial charge in [0.25, 0.3) is 11.5 Å². The molecule has 1 aromatic carbocycles. The zero-order valence-electron chi connectivity index (χ0n) is 16.9. The molecule has 1 atom stereocenters. The number of carbonyl (C=O) groups is 2. The van der Waals surface area contributed by atoms with Gasteiger partial charge in [-0.05, 0) is 32.4 Å².